The van der Waals surface area contributed by atoms with Crippen molar-refractivity contribution in [3.05, 3.63) is 39.7 Å². The summed E-state index contributed by atoms with van der Waals surface area (Å²) in [6, 6.07) is 5.70. The van der Waals surface area contributed by atoms with Crippen molar-refractivity contribution in [3.8, 4) is 5.75 Å². The first-order valence-electron chi connectivity index (χ1n) is 5.48. The normalized spacial score (nSPS) is 18.1. The molecule has 17 heavy (non-hydrogen) atoms. The van der Waals surface area contributed by atoms with E-state index in [1.54, 1.807) is 0 Å². The fraction of sp³-hybridized carbons (Fsp3) is 0.308. The molecule has 1 aliphatic rings. The zero-order valence-corrected chi connectivity index (χ0v) is 11.5. The van der Waals surface area contributed by atoms with Gasteiger partial charge in [-0.1, -0.05) is 34.7 Å². The zero-order valence-electron chi connectivity index (χ0n) is 9.33. The Bertz CT molecular complexity index is 645. The van der Waals surface area contributed by atoms with E-state index < -0.39 is 0 Å². The van der Waals surface area contributed by atoms with Crippen LogP contribution < -0.4 is 10.4 Å². The first kappa shape index (κ1) is 11.1. The van der Waals surface area contributed by atoms with Crippen LogP contribution in [0.5, 0.6) is 5.75 Å². The van der Waals surface area contributed by atoms with Gasteiger partial charge >= 0.3 is 5.63 Å². The molecule has 1 aromatic heterocycles. The van der Waals surface area contributed by atoms with E-state index in [2.05, 4.69) is 22.6 Å². The van der Waals surface area contributed by atoms with Crippen LogP contribution in [0, 0.1) is 6.92 Å². The molecular formula is C13H11IO3. The van der Waals surface area contributed by atoms with Crippen LogP contribution in [0.15, 0.2) is 27.4 Å². The number of hydrogen-bond acceptors (Lipinski definition) is 3. The van der Waals surface area contributed by atoms with E-state index in [0.29, 0.717) is 17.6 Å². The van der Waals surface area contributed by atoms with Crippen molar-refractivity contribution in [1.29, 1.82) is 0 Å². The molecule has 0 radical (unpaired) electrons. The van der Waals surface area contributed by atoms with Gasteiger partial charge in [-0.05, 0) is 18.6 Å². The van der Waals surface area contributed by atoms with Gasteiger partial charge in [-0.25, -0.2) is 4.79 Å². The molecule has 0 fully saturated rings. The second kappa shape index (κ2) is 4.01. The third-order valence-electron chi connectivity index (χ3n) is 3.07. The Labute approximate surface area is 112 Å². The summed E-state index contributed by atoms with van der Waals surface area (Å²) >= 11 is 2.27. The molecule has 1 aromatic carbocycles. The van der Waals surface area contributed by atoms with Gasteiger partial charge in [0, 0.05) is 10.8 Å². The van der Waals surface area contributed by atoms with Crippen molar-refractivity contribution in [1.82, 2.24) is 0 Å². The van der Waals surface area contributed by atoms with Gasteiger partial charge in [-0.3, -0.25) is 0 Å². The van der Waals surface area contributed by atoms with E-state index in [0.717, 1.165) is 21.1 Å². The summed E-state index contributed by atoms with van der Waals surface area (Å²) in [4.78, 5) is 11.8. The van der Waals surface area contributed by atoms with Crippen molar-refractivity contribution in [2.24, 2.45) is 0 Å². The summed E-state index contributed by atoms with van der Waals surface area (Å²) in [6.45, 7) is 2.00. The minimum Gasteiger partial charge on any atom is -0.488 e. The zero-order chi connectivity index (χ0) is 12.0. The van der Waals surface area contributed by atoms with Crippen molar-refractivity contribution >= 4 is 33.6 Å². The Morgan fingerprint density at radius 2 is 2.29 bits per heavy atom. The first-order valence-corrected chi connectivity index (χ1v) is 7.01. The molecule has 0 saturated heterocycles. The summed E-state index contributed by atoms with van der Waals surface area (Å²) in [5.41, 5.74) is 2.12. The molecule has 2 aromatic rings. The summed E-state index contributed by atoms with van der Waals surface area (Å²) in [5, 5.41) is 0.939. The Morgan fingerprint density at radius 3 is 3.06 bits per heavy atom. The third kappa shape index (κ3) is 1.66. The second-order valence-corrected chi connectivity index (χ2v) is 5.12. The number of aryl methyl sites for hydroxylation is 1. The third-order valence-corrected chi connectivity index (χ3v) is 4.06. The Balaban J connectivity index is 2.36. The lowest BCUT2D eigenvalue weighted by Crippen LogP contribution is -2.14. The lowest BCUT2D eigenvalue weighted by Gasteiger charge is -2.08. The van der Waals surface area contributed by atoms with Crippen LogP contribution in [0.1, 0.15) is 11.1 Å². The van der Waals surface area contributed by atoms with E-state index in [9.17, 15) is 4.79 Å². The highest BCUT2D eigenvalue weighted by Gasteiger charge is 2.28. The van der Waals surface area contributed by atoms with Gasteiger partial charge in [0.15, 0.2) is 0 Å². The van der Waals surface area contributed by atoms with E-state index in [4.69, 9.17) is 9.15 Å². The van der Waals surface area contributed by atoms with Crippen molar-refractivity contribution in [2.45, 2.75) is 19.4 Å². The number of rotatable bonds is 1. The fourth-order valence-electron chi connectivity index (χ4n) is 2.25. The molecule has 0 N–H and O–H groups in total. The molecule has 1 unspecified atom stereocenters. The molecule has 3 nitrogen and oxygen atoms in total. The molecule has 2 heterocycles. The molecule has 0 bridgehead atoms. The van der Waals surface area contributed by atoms with Crippen molar-refractivity contribution in [2.75, 3.05) is 4.43 Å². The number of fused-ring (bicyclic) bond motifs is 3. The highest BCUT2D eigenvalue weighted by Crippen LogP contribution is 2.36. The Hall–Kier alpha value is -1.04. The minimum absolute atomic E-state index is 0.0960. The van der Waals surface area contributed by atoms with E-state index in [1.807, 2.05) is 25.1 Å². The van der Waals surface area contributed by atoms with Crippen LogP contribution in [-0.2, 0) is 6.42 Å². The molecule has 88 valence electrons. The molecule has 0 spiro atoms. The van der Waals surface area contributed by atoms with Crippen molar-refractivity contribution < 1.29 is 9.15 Å². The lowest BCUT2D eigenvalue weighted by atomic mass is 10.1. The minimum atomic E-state index is -0.259. The monoisotopic (exact) mass is 342 g/mol. The second-order valence-electron chi connectivity index (χ2n) is 4.24. The lowest BCUT2D eigenvalue weighted by molar-refractivity contribution is 0.265. The fourth-order valence-corrected chi connectivity index (χ4v) is 2.74. The largest absolute Gasteiger partial charge is 0.488 e. The number of ether oxygens (including phenoxy) is 1. The first-order chi connectivity index (χ1) is 8.20. The summed E-state index contributed by atoms with van der Waals surface area (Å²) in [7, 11) is 0. The van der Waals surface area contributed by atoms with Gasteiger partial charge in [0.25, 0.3) is 0 Å². The summed E-state index contributed by atoms with van der Waals surface area (Å²) in [6.07, 6.45) is 0.754. The average Bonchev–Trinajstić information content (AvgIpc) is 2.73. The van der Waals surface area contributed by atoms with Gasteiger partial charge in [0.1, 0.15) is 17.4 Å². The Kier molecular flexibility index (Phi) is 2.61. The molecule has 1 atom stereocenters. The van der Waals surface area contributed by atoms with Crippen LogP contribution >= 0.6 is 22.6 Å². The standard InChI is InChI=1S/C13H11IO3/c1-7-3-2-4-10-11(7)12-9(13(15)17-10)5-8(6-14)16-12/h2-4,8H,5-6H2,1H3. The van der Waals surface area contributed by atoms with E-state index in [-0.39, 0.29) is 11.7 Å². The number of halogens is 1. The predicted octanol–water partition coefficient (Wildman–Crippen LogP) is 2.84. The van der Waals surface area contributed by atoms with Gasteiger partial charge in [-0.15, -0.1) is 0 Å². The molecule has 4 heteroatoms. The molecule has 0 saturated carbocycles. The van der Waals surface area contributed by atoms with E-state index in [1.165, 1.54) is 0 Å². The van der Waals surface area contributed by atoms with Crippen LogP contribution in [0.4, 0.5) is 0 Å². The topological polar surface area (TPSA) is 39.4 Å². The molecule has 0 aliphatic carbocycles. The number of benzene rings is 1. The van der Waals surface area contributed by atoms with Gasteiger partial charge in [0.05, 0.1) is 10.9 Å². The summed E-state index contributed by atoms with van der Waals surface area (Å²) in [5.74, 6) is 0.732. The molecule has 0 amide bonds. The van der Waals surface area contributed by atoms with Crippen molar-refractivity contribution in [3.63, 3.8) is 0 Å². The van der Waals surface area contributed by atoms with Gasteiger partial charge in [0.2, 0.25) is 0 Å². The maximum atomic E-state index is 11.8. The Morgan fingerprint density at radius 1 is 1.47 bits per heavy atom. The van der Waals surface area contributed by atoms with Gasteiger partial charge in [-0.2, -0.15) is 0 Å². The highest BCUT2D eigenvalue weighted by atomic mass is 127. The van der Waals surface area contributed by atoms with Crippen LogP contribution in [0.3, 0.4) is 0 Å². The van der Waals surface area contributed by atoms with Gasteiger partial charge < -0.3 is 9.15 Å². The molecule has 3 rings (SSSR count). The van der Waals surface area contributed by atoms with Crippen LogP contribution in [0.25, 0.3) is 11.0 Å². The number of alkyl halides is 1. The SMILES string of the molecule is Cc1cccc2oc(=O)c3c(c12)OC(CI)C3. The quantitative estimate of drug-likeness (QED) is 0.455. The smallest absolute Gasteiger partial charge is 0.343 e. The summed E-state index contributed by atoms with van der Waals surface area (Å²) < 4.78 is 12.1. The van der Waals surface area contributed by atoms with E-state index >= 15 is 0 Å². The van der Waals surface area contributed by atoms with Crippen LogP contribution in [0.2, 0.25) is 0 Å². The maximum Gasteiger partial charge on any atom is 0.343 e. The predicted molar refractivity (Wildman–Crippen MR) is 74.2 cm³/mol. The van der Waals surface area contributed by atoms with Crippen LogP contribution in [-0.4, -0.2) is 10.5 Å². The number of hydrogen-bond donors (Lipinski definition) is 0. The maximum absolute atomic E-state index is 11.8. The highest BCUT2D eigenvalue weighted by molar-refractivity contribution is 14.1. The molecule has 1 aliphatic heterocycles. The average molecular weight is 342 g/mol. The molecular weight excluding hydrogens is 331 g/mol.